The number of hydrogen-bond donors (Lipinski definition) is 2. The van der Waals surface area contributed by atoms with Crippen molar-refractivity contribution in [3.05, 3.63) is 47.5 Å². The van der Waals surface area contributed by atoms with Crippen LogP contribution in [0.2, 0.25) is 0 Å². The lowest BCUT2D eigenvalue weighted by Crippen LogP contribution is -2.14. The van der Waals surface area contributed by atoms with Crippen LogP contribution < -0.4 is 5.73 Å². The van der Waals surface area contributed by atoms with Crippen LogP contribution in [0.1, 0.15) is 20.7 Å². The van der Waals surface area contributed by atoms with Gasteiger partial charge in [-0.05, 0) is 17.2 Å². The third-order valence-electron chi connectivity index (χ3n) is 2.39. The number of carboxylic acids is 1. The standard InChI is InChI=1S/C12H9NO3/c13-11(14)10-8-5-3-1-2-4-7(8)6-9(10)12(15)16/h1-6H,(H2,13,14)(H,15,16). The first-order chi connectivity index (χ1) is 7.61. The number of amides is 1. The van der Waals surface area contributed by atoms with Gasteiger partial charge in [-0.3, -0.25) is 4.79 Å². The summed E-state index contributed by atoms with van der Waals surface area (Å²) >= 11 is 0. The van der Waals surface area contributed by atoms with Gasteiger partial charge in [-0.15, -0.1) is 0 Å². The van der Waals surface area contributed by atoms with Gasteiger partial charge in [0.25, 0.3) is 0 Å². The van der Waals surface area contributed by atoms with Crippen molar-refractivity contribution in [3.63, 3.8) is 0 Å². The summed E-state index contributed by atoms with van der Waals surface area (Å²) in [5.41, 5.74) is 6.48. The summed E-state index contributed by atoms with van der Waals surface area (Å²) in [6, 6.07) is 10.2. The average Bonchev–Trinajstić information content (AvgIpc) is 2.43. The summed E-state index contributed by atoms with van der Waals surface area (Å²) in [4.78, 5) is 22.2. The molecule has 4 nitrogen and oxygen atoms in total. The van der Waals surface area contributed by atoms with E-state index in [1.807, 2.05) is 0 Å². The van der Waals surface area contributed by atoms with E-state index < -0.39 is 11.9 Å². The Morgan fingerprint density at radius 1 is 1.12 bits per heavy atom. The van der Waals surface area contributed by atoms with E-state index in [-0.39, 0.29) is 11.1 Å². The summed E-state index contributed by atoms with van der Waals surface area (Å²) in [7, 11) is 0. The quantitative estimate of drug-likeness (QED) is 0.798. The Bertz CT molecular complexity index is 548. The number of carbonyl (C=O) groups is 2. The Morgan fingerprint density at radius 2 is 1.81 bits per heavy atom. The molecule has 0 radical (unpaired) electrons. The molecule has 0 heterocycles. The Morgan fingerprint density at radius 3 is 2.44 bits per heavy atom. The maximum absolute atomic E-state index is 11.3. The predicted octanol–water partition coefficient (Wildman–Crippen LogP) is 1.59. The number of rotatable bonds is 2. The van der Waals surface area contributed by atoms with Gasteiger partial charge in [-0.25, -0.2) is 4.79 Å². The Balaban J connectivity index is 2.82. The van der Waals surface area contributed by atoms with E-state index in [0.29, 0.717) is 11.1 Å². The fourth-order valence-corrected chi connectivity index (χ4v) is 1.72. The smallest absolute Gasteiger partial charge is 0.336 e. The highest BCUT2D eigenvalue weighted by Crippen LogP contribution is 2.30. The number of primary amides is 1. The van der Waals surface area contributed by atoms with Gasteiger partial charge >= 0.3 is 5.97 Å². The molecule has 80 valence electrons. The lowest BCUT2D eigenvalue weighted by Gasteiger charge is -1.97. The summed E-state index contributed by atoms with van der Waals surface area (Å²) in [6.45, 7) is 0. The molecule has 0 saturated carbocycles. The molecule has 0 unspecified atom stereocenters. The van der Waals surface area contributed by atoms with E-state index in [0.717, 1.165) is 0 Å². The maximum atomic E-state index is 11.3. The molecule has 0 spiro atoms. The van der Waals surface area contributed by atoms with Crippen molar-refractivity contribution in [2.24, 2.45) is 5.73 Å². The van der Waals surface area contributed by atoms with E-state index in [9.17, 15) is 9.59 Å². The van der Waals surface area contributed by atoms with Crippen LogP contribution in [-0.2, 0) is 0 Å². The molecule has 3 N–H and O–H groups in total. The first-order valence-electron chi connectivity index (χ1n) is 4.66. The fourth-order valence-electron chi connectivity index (χ4n) is 1.72. The predicted molar refractivity (Wildman–Crippen MR) is 58.5 cm³/mol. The monoisotopic (exact) mass is 215 g/mol. The molecule has 0 aliphatic heterocycles. The average molecular weight is 215 g/mol. The second-order valence-corrected chi connectivity index (χ2v) is 3.38. The zero-order valence-corrected chi connectivity index (χ0v) is 8.31. The zero-order valence-electron chi connectivity index (χ0n) is 8.31. The molecule has 4 heteroatoms. The molecule has 0 aromatic carbocycles. The van der Waals surface area contributed by atoms with Crippen LogP contribution >= 0.6 is 0 Å². The molecule has 0 saturated heterocycles. The van der Waals surface area contributed by atoms with Crippen molar-refractivity contribution in [1.82, 2.24) is 0 Å². The minimum absolute atomic E-state index is 0.0475. The van der Waals surface area contributed by atoms with Crippen molar-refractivity contribution in [3.8, 4) is 11.1 Å². The van der Waals surface area contributed by atoms with Crippen LogP contribution in [0.4, 0.5) is 0 Å². The molecule has 0 atom stereocenters. The summed E-state index contributed by atoms with van der Waals surface area (Å²) in [5, 5.41) is 8.97. The highest BCUT2D eigenvalue weighted by Gasteiger charge is 2.22. The lowest BCUT2D eigenvalue weighted by molar-refractivity contribution is 0.0693. The van der Waals surface area contributed by atoms with Gasteiger partial charge in [0.05, 0.1) is 11.1 Å². The number of fused-ring (bicyclic) bond motifs is 1. The Labute approximate surface area is 91.7 Å². The van der Waals surface area contributed by atoms with Crippen molar-refractivity contribution in [2.45, 2.75) is 0 Å². The van der Waals surface area contributed by atoms with Gasteiger partial charge in [0, 0.05) is 0 Å². The van der Waals surface area contributed by atoms with Gasteiger partial charge in [-0.1, -0.05) is 30.3 Å². The lowest BCUT2D eigenvalue weighted by atomic mass is 10.1. The maximum Gasteiger partial charge on any atom is 0.336 e. The van der Waals surface area contributed by atoms with Crippen molar-refractivity contribution in [2.75, 3.05) is 0 Å². The second kappa shape index (κ2) is 3.66. The minimum Gasteiger partial charge on any atom is -0.478 e. The molecule has 2 rings (SSSR count). The van der Waals surface area contributed by atoms with Gasteiger partial charge in [0.2, 0.25) is 5.91 Å². The number of nitrogens with two attached hydrogens (primary N) is 1. The number of carbonyl (C=O) groups excluding carboxylic acids is 1. The van der Waals surface area contributed by atoms with Gasteiger partial charge in [-0.2, -0.15) is 0 Å². The Hall–Kier alpha value is -2.36. The van der Waals surface area contributed by atoms with Crippen molar-refractivity contribution >= 4 is 11.9 Å². The fraction of sp³-hybridized carbons (Fsp3) is 0. The van der Waals surface area contributed by atoms with Crippen molar-refractivity contribution in [1.29, 1.82) is 0 Å². The van der Waals surface area contributed by atoms with Crippen LogP contribution in [0.3, 0.4) is 0 Å². The molecule has 2 aliphatic carbocycles. The molecule has 0 fully saturated rings. The van der Waals surface area contributed by atoms with Gasteiger partial charge < -0.3 is 10.8 Å². The SMILES string of the molecule is NC(=O)c1c(C(=O)O)cc2cccccc1-2. The molecule has 0 aromatic heterocycles. The summed E-state index contributed by atoms with van der Waals surface area (Å²) in [6.07, 6.45) is 0. The topological polar surface area (TPSA) is 80.4 Å². The second-order valence-electron chi connectivity index (χ2n) is 3.38. The normalized spacial score (nSPS) is 10.2. The van der Waals surface area contributed by atoms with Crippen LogP contribution in [0, 0.1) is 0 Å². The Kier molecular flexibility index (Phi) is 2.32. The van der Waals surface area contributed by atoms with Crippen LogP contribution in [0.25, 0.3) is 11.1 Å². The zero-order chi connectivity index (χ0) is 11.7. The van der Waals surface area contributed by atoms with Crippen molar-refractivity contribution < 1.29 is 14.7 Å². The first-order valence-corrected chi connectivity index (χ1v) is 4.66. The molecule has 0 bridgehead atoms. The van der Waals surface area contributed by atoms with E-state index in [1.165, 1.54) is 6.07 Å². The van der Waals surface area contributed by atoms with Crippen LogP contribution in [-0.4, -0.2) is 17.0 Å². The van der Waals surface area contributed by atoms with Crippen LogP contribution in [0.15, 0.2) is 36.4 Å². The third kappa shape index (κ3) is 1.50. The highest BCUT2D eigenvalue weighted by molar-refractivity contribution is 6.11. The number of carboxylic acid groups (broad SMARTS) is 1. The molecule has 1 amide bonds. The van der Waals surface area contributed by atoms with Crippen LogP contribution in [0.5, 0.6) is 0 Å². The van der Waals surface area contributed by atoms with Gasteiger partial charge in [0.1, 0.15) is 0 Å². The van der Waals surface area contributed by atoms with Gasteiger partial charge in [0.15, 0.2) is 0 Å². The molecule has 16 heavy (non-hydrogen) atoms. The molecular formula is C12H9NO3. The number of aromatic carboxylic acids is 1. The van der Waals surface area contributed by atoms with E-state index in [1.54, 1.807) is 30.3 Å². The largest absolute Gasteiger partial charge is 0.478 e. The summed E-state index contributed by atoms with van der Waals surface area (Å²) < 4.78 is 0. The van der Waals surface area contributed by atoms with E-state index in [2.05, 4.69) is 0 Å². The van der Waals surface area contributed by atoms with E-state index >= 15 is 0 Å². The highest BCUT2D eigenvalue weighted by atomic mass is 16.4. The molecule has 2 aliphatic rings. The number of hydrogen-bond acceptors (Lipinski definition) is 2. The third-order valence-corrected chi connectivity index (χ3v) is 2.39. The summed E-state index contributed by atoms with van der Waals surface area (Å²) in [5.74, 6) is -1.87. The molecule has 0 aromatic rings. The first kappa shape index (κ1) is 10.2. The minimum atomic E-state index is -1.15. The van der Waals surface area contributed by atoms with E-state index in [4.69, 9.17) is 10.8 Å². The molecular weight excluding hydrogens is 206 g/mol.